The Balaban J connectivity index is 2.04. The SMILES string of the molecule is Cc1ccc(F)cc1NS(=O)(=O)c1ccc2oc(=O)ccc2c1. The van der Waals surface area contributed by atoms with Gasteiger partial charge in [0.1, 0.15) is 11.4 Å². The Labute approximate surface area is 131 Å². The van der Waals surface area contributed by atoms with E-state index in [1.165, 1.54) is 42.5 Å². The summed E-state index contributed by atoms with van der Waals surface area (Å²) in [4.78, 5) is 11.1. The normalized spacial score (nSPS) is 11.6. The van der Waals surface area contributed by atoms with Gasteiger partial charge in [-0.15, -0.1) is 0 Å². The van der Waals surface area contributed by atoms with Crippen molar-refractivity contribution in [3.8, 4) is 0 Å². The second kappa shape index (κ2) is 5.51. The summed E-state index contributed by atoms with van der Waals surface area (Å²) in [7, 11) is -3.89. The number of hydrogen-bond donors (Lipinski definition) is 1. The van der Waals surface area contributed by atoms with Gasteiger partial charge in [-0.25, -0.2) is 17.6 Å². The number of rotatable bonds is 3. The van der Waals surface area contributed by atoms with Crippen LogP contribution in [0.25, 0.3) is 11.0 Å². The minimum atomic E-state index is -3.89. The van der Waals surface area contributed by atoms with Crippen LogP contribution in [0.5, 0.6) is 0 Å². The first-order valence-corrected chi connectivity index (χ1v) is 8.16. The molecule has 0 saturated heterocycles. The summed E-state index contributed by atoms with van der Waals surface area (Å²) >= 11 is 0. The number of hydrogen-bond acceptors (Lipinski definition) is 4. The van der Waals surface area contributed by atoms with Crippen molar-refractivity contribution >= 4 is 26.7 Å². The van der Waals surface area contributed by atoms with Crippen molar-refractivity contribution < 1.29 is 17.2 Å². The Hall–Kier alpha value is -2.67. The third-order valence-corrected chi connectivity index (χ3v) is 4.71. The van der Waals surface area contributed by atoms with Crippen LogP contribution in [-0.2, 0) is 10.0 Å². The Morgan fingerprint density at radius 3 is 2.61 bits per heavy atom. The van der Waals surface area contributed by atoms with Gasteiger partial charge in [-0.2, -0.15) is 0 Å². The second-order valence-corrected chi connectivity index (χ2v) is 6.70. The molecule has 2 aromatic carbocycles. The van der Waals surface area contributed by atoms with Gasteiger partial charge in [0.25, 0.3) is 10.0 Å². The van der Waals surface area contributed by atoms with E-state index in [-0.39, 0.29) is 10.6 Å². The predicted molar refractivity (Wildman–Crippen MR) is 84.4 cm³/mol. The molecular formula is C16H12FNO4S. The van der Waals surface area contributed by atoms with Crippen molar-refractivity contribution in [1.29, 1.82) is 0 Å². The van der Waals surface area contributed by atoms with Gasteiger partial charge in [-0.05, 0) is 48.9 Å². The average molecular weight is 333 g/mol. The number of halogens is 1. The first kappa shape index (κ1) is 15.2. The van der Waals surface area contributed by atoms with Crippen LogP contribution < -0.4 is 10.3 Å². The lowest BCUT2D eigenvalue weighted by Gasteiger charge is -2.11. The lowest BCUT2D eigenvalue weighted by atomic mass is 10.2. The van der Waals surface area contributed by atoms with Crippen molar-refractivity contribution in [2.24, 2.45) is 0 Å². The lowest BCUT2D eigenvalue weighted by molar-refractivity contribution is 0.560. The van der Waals surface area contributed by atoms with E-state index in [0.717, 1.165) is 6.07 Å². The first-order chi connectivity index (χ1) is 10.8. The third-order valence-electron chi connectivity index (χ3n) is 3.35. The zero-order valence-corrected chi connectivity index (χ0v) is 12.9. The molecule has 0 atom stereocenters. The molecule has 0 radical (unpaired) electrons. The topological polar surface area (TPSA) is 76.4 Å². The Morgan fingerprint density at radius 2 is 1.83 bits per heavy atom. The Bertz CT molecular complexity index is 1060. The fourth-order valence-corrected chi connectivity index (χ4v) is 3.28. The number of sulfonamides is 1. The van der Waals surface area contributed by atoms with Crippen LogP contribution in [0.15, 0.2) is 62.6 Å². The minimum Gasteiger partial charge on any atom is -0.423 e. The minimum absolute atomic E-state index is 0.0116. The molecule has 0 bridgehead atoms. The summed E-state index contributed by atoms with van der Waals surface area (Å²) in [5, 5.41) is 0.475. The summed E-state index contributed by atoms with van der Waals surface area (Å²) in [6.45, 7) is 1.67. The van der Waals surface area contributed by atoms with Crippen LogP contribution in [0.3, 0.4) is 0 Å². The van der Waals surface area contributed by atoms with Gasteiger partial charge in [0.05, 0.1) is 10.6 Å². The summed E-state index contributed by atoms with van der Waals surface area (Å²) in [6.07, 6.45) is 0. The average Bonchev–Trinajstić information content (AvgIpc) is 2.50. The summed E-state index contributed by atoms with van der Waals surface area (Å²) in [5.74, 6) is -0.534. The van der Waals surface area contributed by atoms with Gasteiger partial charge in [0.15, 0.2) is 0 Å². The van der Waals surface area contributed by atoms with Gasteiger partial charge in [0.2, 0.25) is 0 Å². The standard InChI is InChI=1S/C16H12FNO4S/c1-10-2-4-12(17)9-14(10)18-23(20,21)13-5-6-15-11(8-13)3-7-16(19)22-15/h2-9,18H,1H3. The van der Waals surface area contributed by atoms with E-state index in [0.29, 0.717) is 16.5 Å². The van der Waals surface area contributed by atoms with E-state index in [1.54, 1.807) is 6.92 Å². The quantitative estimate of drug-likeness (QED) is 0.748. The molecule has 0 unspecified atom stereocenters. The fourth-order valence-electron chi connectivity index (χ4n) is 2.12. The molecule has 3 rings (SSSR count). The predicted octanol–water partition coefficient (Wildman–Crippen LogP) is 3.04. The molecule has 0 saturated carbocycles. The Kier molecular flexibility index (Phi) is 3.65. The molecule has 23 heavy (non-hydrogen) atoms. The molecule has 118 valence electrons. The highest BCUT2D eigenvalue weighted by atomic mass is 32.2. The maximum absolute atomic E-state index is 13.3. The molecule has 3 aromatic rings. The molecule has 0 aliphatic rings. The molecule has 0 aliphatic heterocycles. The summed E-state index contributed by atoms with van der Waals surface area (Å²) in [6, 6.07) is 10.7. The van der Waals surface area contributed by atoms with E-state index >= 15 is 0 Å². The summed E-state index contributed by atoms with van der Waals surface area (Å²) < 4.78 is 45.5. The zero-order chi connectivity index (χ0) is 16.6. The maximum Gasteiger partial charge on any atom is 0.336 e. The van der Waals surface area contributed by atoms with Crippen LogP contribution in [0.2, 0.25) is 0 Å². The molecule has 0 aliphatic carbocycles. The molecule has 0 fully saturated rings. The van der Waals surface area contributed by atoms with E-state index < -0.39 is 21.5 Å². The largest absolute Gasteiger partial charge is 0.423 e. The van der Waals surface area contributed by atoms with Crippen molar-refractivity contribution in [1.82, 2.24) is 0 Å². The highest BCUT2D eigenvalue weighted by Crippen LogP contribution is 2.23. The van der Waals surface area contributed by atoms with Crippen molar-refractivity contribution in [3.05, 3.63) is 70.3 Å². The van der Waals surface area contributed by atoms with Crippen LogP contribution >= 0.6 is 0 Å². The molecule has 1 N–H and O–H groups in total. The van der Waals surface area contributed by atoms with Crippen molar-refractivity contribution in [2.75, 3.05) is 4.72 Å². The van der Waals surface area contributed by atoms with Gasteiger partial charge in [-0.3, -0.25) is 4.72 Å². The molecule has 0 spiro atoms. The van der Waals surface area contributed by atoms with Crippen molar-refractivity contribution in [2.45, 2.75) is 11.8 Å². The monoisotopic (exact) mass is 333 g/mol. The second-order valence-electron chi connectivity index (χ2n) is 5.02. The highest BCUT2D eigenvalue weighted by molar-refractivity contribution is 7.92. The van der Waals surface area contributed by atoms with Crippen LogP contribution in [0, 0.1) is 12.7 Å². The first-order valence-electron chi connectivity index (χ1n) is 6.68. The maximum atomic E-state index is 13.3. The van der Waals surface area contributed by atoms with Gasteiger partial charge < -0.3 is 4.42 Å². The molecule has 5 nitrogen and oxygen atoms in total. The number of fused-ring (bicyclic) bond motifs is 1. The van der Waals surface area contributed by atoms with E-state index in [2.05, 4.69) is 4.72 Å². The van der Waals surface area contributed by atoms with Crippen molar-refractivity contribution in [3.63, 3.8) is 0 Å². The number of anilines is 1. The number of nitrogens with one attached hydrogen (secondary N) is 1. The molecule has 0 amide bonds. The van der Waals surface area contributed by atoms with Gasteiger partial charge >= 0.3 is 5.63 Å². The van der Waals surface area contributed by atoms with E-state index in [1.807, 2.05) is 0 Å². The molecular weight excluding hydrogens is 321 g/mol. The fraction of sp³-hybridized carbons (Fsp3) is 0.0625. The van der Waals surface area contributed by atoms with E-state index in [9.17, 15) is 17.6 Å². The highest BCUT2D eigenvalue weighted by Gasteiger charge is 2.16. The van der Waals surface area contributed by atoms with Gasteiger partial charge in [0, 0.05) is 11.5 Å². The van der Waals surface area contributed by atoms with Gasteiger partial charge in [-0.1, -0.05) is 6.07 Å². The number of benzene rings is 2. The van der Waals surface area contributed by atoms with Crippen LogP contribution in [0.1, 0.15) is 5.56 Å². The Morgan fingerprint density at radius 1 is 1.04 bits per heavy atom. The summed E-state index contributed by atoms with van der Waals surface area (Å²) in [5.41, 5.74) is 0.548. The molecule has 7 heteroatoms. The van der Waals surface area contributed by atoms with E-state index in [4.69, 9.17) is 4.42 Å². The number of aryl methyl sites for hydroxylation is 1. The molecule has 1 aromatic heterocycles. The molecule has 1 heterocycles. The van der Waals surface area contributed by atoms with Crippen LogP contribution in [0.4, 0.5) is 10.1 Å². The smallest absolute Gasteiger partial charge is 0.336 e. The third kappa shape index (κ3) is 3.09. The lowest BCUT2D eigenvalue weighted by Crippen LogP contribution is -2.14. The zero-order valence-electron chi connectivity index (χ0n) is 12.0. The van der Waals surface area contributed by atoms with Crippen LogP contribution in [-0.4, -0.2) is 8.42 Å².